The number of amides is 1. The van der Waals surface area contributed by atoms with Gasteiger partial charge in [-0.2, -0.15) is 0 Å². The Labute approximate surface area is 99.6 Å². The standard InChI is InChI=1S/C13H26N2O/c1-6-13(4,5)8-15-9-14-11(12(15)16)7-10(2)3/h10-11,14H,6-9H2,1-5H3. The van der Waals surface area contributed by atoms with Crippen LogP contribution in [0.15, 0.2) is 0 Å². The van der Waals surface area contributed by atoms with Gasteiger partial charge in [0, 0.05) is 6.54 Å². The van der Waals surface area contributed by atoms with Crippen molar-refractivity contribution in [2.24, 2.45) is 11.3 Å². The molecule has 1 N–H and O–H groups in total. The van der Waals surface area contributed by atoms with E-state index in [-0.39, 0.29) is 17.4 Å². The number of carbonyl (C=O) groups is 1. The number of hydrogen-bond acceptors (Lipinski definition) is 2. The molecule has 0 bridgehead atoms. The Hall–Kier alpha value is -0.570. The highest BCUT2D eigenvalue weighted by Crippen LogP contribution is 2.23. The molecule has 3 nitrogen and oxygen atoms in total. The number of nitrogens with zero attached hydrogens (tertiary/aromatic N) is 1. The van der Waals surface area contributed by atoms with Crippen molar-refractivity contribution in [1.29, 1.82) is 0 Å². The van der Waals surface area contributed by atoms with Crippen LogP contribution < -0.4 is 5.32 Å². The molecule has 1 atom stereocenters. The molecule has 1 heterocycles. The highest BCUT2D eigenvalue weighted by Gasteiger charge is 2.33. The van der Waals surface area contributed by atoms with Gasteiger partial charge in [-0.3, -0.25) is 10.1 Å². The Bertz CT molecular complexity index is 248. The monoisotopic (exact) mass is 226 g/mol. The fourth-order valence-corrected chi connectivity index (χ4v) is 2.02. The minimum absolute atomic E-state index is 0.0488. The first-order chi connectivity index (χ1) is 7.35. The summed E-state index contributed by atoms with van der Waals surface area (Å²) in [6.07, 6.45) is 2.05. The minimum Gasteiger partial charge on any atom is -0.328 e. The van der Waals surface area contributed by atoms with Crippen molar-refractivity contribution in [1.82, 2.24) is 10.2 Å². The molecule has 1 unspecified atom stereocenters. The van der Waals surface area contributed by atoms with E-state index in [1.165, 1.54) is 0 Å². The first-order valence-corrected chi connectivity index (χ1v) is 6.38. The van der Waals surface area contributed by atoms with Gasteiger partial charge in [0.2, 0.25) is 5.91 Å². The zero-order valence-electron chi connectivity index (χ0n) is 11.3. The maximum atomic E-state index is 12.1. The summed E-state index contributed by atoms with van der Waals surface area (Å²) in [6.45, 7) is 12.5. The number of carbonyl (C=O) groups excluding carboxylic acids is 1. The lowest BCUT2D eigenvalue weighted by atomic mass is 9.89. The van der Waals surface area contributed by atoms with Crippen molar-refractivity contribution in [2.75, 3.05) is 13.2 Å². The zero-order chi connectivity index (χ0) is 12.3. The SMILES string of the molecule is CCC(C)(C)CN1CNC(CC(C)C)C1=O. The summed E-state index contributed by atoms with van der Waals surface area (Å²) in [4.78, 5) is 14.1. The second-order valence-corrected chi connectivity index (χ2v) is 6.10. The highest BCUT2D eigenvalue weighted by atomic mass is 16.2. The van der Waals surface area contributed by atoms with Gasteiger partial charge >= 0.3 is 0 Å². The molecule has 0 aliphatic carbocycles. The predicted molar refractivity (Wildman–Crippen MR) is 67.0 cm³/mol. The van der Waals surface area contributed by atoms with Gasteiger partial charge < -0.3 is 4.90 Å². The van der Waals surface area contributed by atoms with Gasteiger partial charge in [-0.25, -0.2) is 0 Å². The molecule has 1 fully saturated rings. The molecule has 94 valence electrons. The van der Waals surface area contributed by atoms with Crippen molar-refractivity contribution in [3.8, 4) is 0 Å². The third-order valence-electron chi connectivity index (χ3n) is 3.42. The topological polar surface area (TPSA) is 32.3 Å². The van der Waals surface area contributed by atoms with Crippen molar-refractivity contribution < 1.29 is 4.79 Å². The maximum absolute atomic E-state index is 12.1. The van der Waals surface area contributed by atoms with Gasteiger partial charge in [-0.15, -0.1) is 0 Å². The summed E-state index contributed by atoms with van der Waals surface area (Å²) in [5.74, 6) is 0.857. The lowest BCUT2D eigenvalue weighted by molar-refractivity contribution is -0.130. The van der Waals surface area contributed by atoms with Gasteiger partial charge in [0.25, 0.3) is 0 Å². The molecule has 1 saturated heterocycles. The van der Waals surface area contributed by atoms with E-state index in [9.17, 15) is 4.79 Å². The van der Waals surface area contributed by atoms with Crippen molar-refractivity contribution in [3.63, 3.8) is 0 Å². The average Bonchev–Trinajstić information content (AvgIpc) is 2.49. The Morgan fingerprint density at radius 2 is 2.12 bits per heavy atom. The summed E-state index contributed by atoms with van der Waals surface area (Å²) in [5, 5.41) is 3.31. The molecule has 0 spiro atoms. The molecule has 16 heavy (non-hydrogen) atoms. The molecule has 0 aromatic carbocycles. The minimum atomic E-state index is 0.0488. The first kappa shape index (κ1) is 13.5. The molecule has 1 aliphatic heterocycles. The lowest BCUT2D eigenvalue weighted by Crippen LogP contribution is -2.37. The van der Waals surface area contributed by atoms with E-state index in [1.54, 1.807) is 0 Å². The van der Waals surface area contributed by atoms with Crippen LogP contribution in [0.1, 0.15) is 47.5 Å². The van der Waals surface area contributed by atoms with Crippen LogP contribution in [0.2, 0.25) is 0 Å². The highest BCUT2D eigenvalue weighted by molar-refractivity contribution is 5.83. The largest absolute Gasteiger partial charge is 0.328 e. The van der Waals surface area contributed by atoms with E-state index >= 15 is 0 Å². The molecule has 1 amide bonds. The van der Waals surface area contributed by atoms with E-state index in [1.807, 2.05) is 4.90 Å². The maximum Gasteiger partial charge on any atom is 0.240 e. The van der Waals surface area contributed by atoms with Gasteiger partial charge in [-0.1, -0.05) is 34.6 Å². The molecule has 1 rings (SSSR count). The summed E-state index contributed by atoms with van der Waals surface area (Å²) < 4.78 is 0. The van der Waals surface area contributed by atoms with E-state index < -0.39 is 0 Å². The van der Waals surface area contributed by atoms with Crippen LogP contribution in [0.4, 0.5) is 0 Å². The number of hydrogen-bond donors (Lipinski definition) is 1. The summed E-state index contributed by atoms with van der Waals surface area (Å²) in [5.41, 5.74) is 0.226. The fourth-order valence-electron chi connectivity index (χ4n) is 2.02. The fraction of sp³-hybridized carbons (Fsp3) is 0.923. The van der Waals surface area contributed by atoms with Crippen LogP contribution in [0.25, 0.3) is 0 Å². The number of rotatable bonds is 5. The molecular formula is C13H26N2O. The quantitative estimate of drug-likeness (QED) is 0.779. The average molecular weight is 226 g/mol. The van der Waals surface area contributed by atoms with Gasteiger partial charge in [0.05, 0.1) is 12.7 Å². The van der Waals surface area contributed by atoms with Gasteiger partial charge in [-0.05, 0) is 24.2 Å². The van der Waals surface area contributed by atoms with Gasteiger partial charge in [0.15, 0.2) is 0 Å². The third-order valence-corrected chi connectivity index (χ3v) is 3.42. The smallest absolute Gasteiger partial charge is 0.240 e. The van der Waals surface area contributed by atoms with E-state index in [0.717, 1.165) is 26.1 Å². The molecular weight excluding hydrogens is 200 g/mol. The molecule has 1 aliphatic rings. The van der Waals surface area contributed by atoms with Crippen LogP contribution in [-0.2, 0) is 4.79 Å². The van der Waals surface area contributed by atoms with Crippen LogP contribution in [0.3, 0.4) is 0 Å². The molecule has 0 radical (unpaired) electrons. The number of nitrogens with one attached hydrogen (secondary N) is 1. The third kappa shape index (κ3) is 3.48. The van der Waals surface area contributed by atoms with Crippen LogP contribution in [0, 0.1) is 11.3 Å². The molecule has 0 saturated carbocycles. The Morgan fingerprint density at radius 1 is 1.50 bits per heavy atom. The van der Waals surface area contributed by atoms with Crippen molar-refractivity contribution in [3.05, 3.63) is 0 Å². The van der Waals surface area contributed by atoms with E-state index in [4.69, 9.17) is 0 Å². The Morgan fingerprint density at radius 3 is 2.62 bits per heavy atom. The lowest BCUT2D eigenvalue weighted by Gasteiger charge is -2.28. The van der Waals surface area contributed by atoms with Crippen LogP contribution in [0.5, 0.6) is 0 Å². The first-order valence-electron chi connectivity index (χ1n) is 6.38. The Balaban J connectivity index is 2.51. The van der Waals surface area contributed by atoms with Gasteiger partial charge in [0.1, 0.15) is 0 Å². The summed E-state index contributed by atoms with van der Waals surface area (Å²) in [7, 11) is 0. The second-order valence-electron chi connectivity index (χ2n) is 6.10. The van der Waals surface area contributed by atoms with Crippen molar-refractivity contribution >= 4 is 5.91 Å². The Kier molecular flexibility index (Phi) is 4.36. The normalized spacial score (nSPS) is 22.2. The van der Waals surface area contributed by atoms with E-state index in [0.29, 0.717) is 5.92 Å². The summed E-state index contributed by atoms with van der Waals surface area (Å²) in [6, 6.07) is 0.0488. The summed E-state index contributed by atoms with van der Waals surface area (Å²) >= 11 is 0. The second kappa shape index (κ2) is 5.17. The van der Waals surface area contributed by atoms with Crippen LogP contribution in [-0.4, -0.2) is 30.1 Å². The molecule has 0 aromatic rings. The predicted octanol–water partition coefficient (Wildman–Crippen LogP) is 2.23. The van der Waals surface area contributed by atoms with Crippen molar-refractivity contribution in [2.45, 2.75) is 53.5 Å². The van der Waals surface area contributed by atoms with E-state index in [2.05, 4.69) is 39.9 Å². The zero-order valence-corrected chi connectivity index (χ0v) is 11.3. The molecule has 3 heteroatoms. The van der Waals surface area contributed by atoms with Crippen LogP contribution >= 0.6 is 0 Å². The molecule has 0 aromatic heterocycles.